The third kappa shape index (κ3) is 5.52. The molecule has 96 valence electrons. The van der Waals surface area contributed by atoms with Gasteiger partial charge in [-0.05, 0) is 25.1 Å². The molecule has 0 saturated heterocycles. The molecular weight excluding hydrogens is 256 g/mol. The third-order valence-corrected chi connectivity index (χ3v) is 3.74. The summed E-state index contributed by atoms with van der Waals surface area (Å²) in [6, 6.07) is 3.89. The Labute approximate surface area is 112 Å². The van der Waals surface area contributed by atoms with E-state index < -0.39 is 0 Å². The van der Waals surface area contributed by atoms with Crippen molar-refractivity contribution in [3.05, 3.63) is 21.3 Å². The van der Waals surface area contributed by atoms with Crippen LogP contribution in [0.25, 0.3) is 0 Å². The molecule has 0 fully saturated rings. The molecule has 0 spiro atoms. The second kappa shape index (κ2) is 7.69. The van der Waals surface area contributed by atoms with Crippen molar-refractivity contribution in [2.24, 2.45) is 5.92 Å². The van der Waals surface area contributed by atoms with Gasteiger partial charge in [0.15, 0.2) is 0 Å². The fourth-order valence-corrected chi connectivity index (χ4v) is 2.51. The van der Waals surface area contributed by atoms with Crippen molar-refractivity contribution >= 4 is 28.8 Å². The van der Waals surface area contributed by atoms with E-state index in [-0.39, 0.29) is 11.8 Å². The molecule has 1 aromatic heterocycles. The SMILES string of the molecule is CCNCC(C)C(=O)NCCc1ccc(Cl)s1. The van der Waals surface area contributed by atoms with Crippen LogP contribution in [0.15, 0.2) is 12.1 Å². The van der Waals surface area contributed by atoms with E-state index >= 15 is 0 Å². The molecule has 0 bridgehead atoms. The quantitative estimate of drug-likeness (QED) is 0.801. The van der Waals surface area contributed by atoms with Crippen molar-refractivity contribution in [1.82, 2.24) is 10.6 Å². The molecule has 0 aromatic carbocycles. The minimum atomic E-state index is 0.0156. The van der Waals surface area contributed by atoms with Crippen molar-refractivity contribution in [1.29, 1.82) is 0 Å². The van der Waals surface area contributed by atoms with Crippen LogP contribution in [0.3, 0.4) is 0 Å². The molecule has 3 nitrogen and oxygen atoms in total. The van der Waals surface area contributed by atoms with Crippen LogP contribution in [-0.2, 0) is 11.2 Å². The van der Waals surface area contributed by atoms with E-state index in [1.54, 1.807) is 11.3 Å². The number of carbonyl (C=O) groups excluding carboxylic acids is 1. The third-order valence-electron chi connectivity index (χ3n) is 2.45. The van der Waals surface area contributed by atoms with E-state index in [9.17, 15) is 4.79 Å². The standard InChI is InChI=1S/C12H19ClN2OS/c1-3-14-8-9(2)12(16)15-7-6-10-4-5-11(13)17-10/h4-5,9,14H,3,6-8H2,1-2H3,(H,15,16). The van der Waals surface area contributed by atoms with Gasteiger partial charge in [0.1, 0.15) is 0 Å². The molecule has 1 unspecified atom stereocenters. The van der Waals surface area contributed by atoms with Crippen molar-refractivity contribution in [3.63, 3.8) is 0 Å². The number of thiophene rings is 1. The lowest BCUT2D eigenvalue weighted by Gasteiger charge is -2.11. The lowest BCUT2D eigenvalue weighted by molar-refractivity contribution is -0.124. The molecule has 0 aliphatic rings. The molecule has 0 radical (unpaired) electrons. The van der Waals surface area contributed by atoms with Crippen LogP contribution in [0.5, 0.6) is 0 Å². The first-order valence-corrected chi connectivity index (χ1v) is 7.05. The average molecular weight is 275 g/mol. The van der Waals surface area contributed by atoms with Crippen LogP contribution in [0.1, 0.15) is 18.7 Å². The first kappa shape index (κ1) is 14.5. The summed E-state index contributed by atoms with van der Waals surface area (Å²) in [5.41, 5.74) is 0. The van der Waals surface area contributed by atoms with Crippen LogP contribution in [0, 0.1) is 5.92 Å². The van der Waals surface area contributed by atoms with E-state index in [1.165, 1.54) is 4.88 Å². The molecule has 5 heteroatoms. The van der Waals surface area contributed by atoms with Gasteiger partial charge in [-0.3, -0.25) is 4.79 Å². The van der Waals surface area contributed by atoms with Gasteiger partial charge in [0.2, 0.25) is 5.91 Å². The highest BCUT2D eigenvalue weighted by Crippen LogP contribution is 2.21. The monoisotopic (exact) mass is 274 g/mol. The summed E-state index contributed by atoms with van der Waals surface area (Å²) in [5.74, 6) is 0.121. The minimum Gasteiger partial charge on any atom is -0.355 e. The largest absolute Gasteiger partial charge is 0.355 e. The first-order valence-electron chi connectivity index (χ1n) is 5.86. The van der Waals surface area contributed by atoms with Gasteiger partial charge in [0.05, 0.1) is 4.34 Å². The molecule has 2 N–H and O–H groups in total. The average Bonchev–Trinajstić information content (AvgIpc) is 2.71. The van der Waals surface area contributed by atoms with E-state index in [0.717, 1.165) is 23.8 Å². The zero-order valence-corrected chi connectivity index (χ0v) is 11.8. The Morgan fingerprint density at radius 3 is 2.88 bits per heavy atom. The number of rotatable bonds is 7. The minimum absolute atomic E-state index is 0.0156. The summed E-state index contributed by atoms with van der Waals surface area (Å²) in [5, 5.41) is 6.10. The fraction of sp³-hybridized carbons (Fsp3) is 0.583. The number of halogens is 1. The number of nitrogens with one attached hydrogen (secondary N) is 2. The zero-order valence-electron chi connectivity index (χ0n) is 10.3. The van der Waals surface area contributed by atoms with Crippen LogP contribution in [0.4, 0.5) is 0 Å². The van der Waals surface area contributed by atoms with E-state index in [0.29, 0.717) is 6.54 Å². The summed E-state index contributed by atoms with van der Waals surface area (Å²) >= 11 is 7.40. The molecule has 1 rings (SSSR count). The fourth-order valence-electron chi connectivity index (χ4n) is 1.42. The lowest BCUT2D eigenvalue weighted by Crippen LogP contribution is -2.36. The highest BCUT2D eigenvalue weighted by atomic mass is 35.5. The van der Waals surface area contributed by atoms with E-state index in [4.69, 9.17) is 11.6 Å². The maximum Gasteiger partial charge on any atom is 0.224 e. The summed E-state index contributed by atoms with van der Waals surface area (Å²) in [6.45, 7) is 6.26. The molecule has 1 atom stereocenters. The normalized spacial score (nSPS) is 12.4. The molecule has 1 aromatic rings. The lowest BCUT2D eigenvalue weighted by atomic mass is 10.1. The molecule has 1 amide bonds. The summed E-state index contributed by atoms with van der Waals surface area (Å²) in [6.07, 6.45) is 0.844. The van der Waals surface area contributed by atoms with Crippen molar-refractivity contribution < 1.29 is 4.79 Å². The van der Waals surface area contributed by atoms with Crippen LogP contribution in [-0.4, -0.2) is 25.5 Å². The second-order valence-electron chi connectivity index (χ2n) is 3.96. The van der Waals surface area contributed by atoms with Crippen molar-refractivity contribution in [3.8, 4) is 0 Å². The smallest absolute Gasteiger partial charge is 0.224 e. The molecule has 0 saturated carbocycles. The first-order chi connectivity index (χ1) is 8.13. The van der Waals surface area contributed by atoms with Gasteiger partial charge >= 0.3 is 0 Å². The van der Waals surface area contributed by atoms with Gasteiger partial charge in [-0.15, -0.1) is 11.3 Å². The molecule has 0 aliphatic heterocycles. The highest BCUT2D eigenvalue weighted by Gasteiger charge is 2.11. The predicted molar refractivity (Wildman–Crippen MR) is 73.8 cm³/mol. The summed E-state index contributed by atoms with van der Waals surface area (Å²) in [7, 11) is 0. The Bertz CT molecular complexity index is 354. The molecular formula is C12H19ClN2OS. The van der Waals surface area contributed by atoms with Gasteiger partial charge in [-0.2, -0.15) is 0 Å². The topological polar surface area (TPSA) is 41.1 Å². The van der Waals surface area contributed by atoms with Crippen LogP contribution in [0.2, 0.25) is 4.34 Å². The number of carbonyl (C=O) groups is 1. The van der Waals surface area contributed by atoms with E-state index in [2.05, 4.69) is 10.6 Å². The van der Waals surface area contributed by atoms with Crippen LogP contribution >= 0.6 is 22.9 Å². The van der Waals surface area contributed by atoms with Crippen LogP contribution < -0.4 is 10.6 Å². The van der Waals surface area contributed by atoms with E-state index in [1.807, 2.05) is 26.0 Å². The molecule has 1 heterocycles. The summed E-state index contributed by atoms with van der Waals surface area (Å²) < 4.78 is 0.798. The molecule has 0 aliphatic carbocycles. The number of hydrogen-bond acceptors (Lipinski definition) is 3. The van der Waals surface area contributed by atoms with Gasteiger partial charge < -0.3 is 10.6 Å². The second-order valence-corrected chi connectivity index (χ2v) is 5.76. The zero-order chi connectivity index (χ0) is 12.7. The van der Waals surface area contributed by atoms with Gasteiger partial charge in [-0.25, -0.2) is 0 Å². The maximum absolute atomic E-state index is 11.7. The maximum atomic E-state index is 11.7. The predicted octanol–water partition coefficient (Wildman–Crippen LogP) is 2.31. The Hall–Kier alpha value is -0.580. The Morgan fingerprint density at radius 1 is 1.53 bits per heavy atom. The van der Waals surface area contributed by atoms with Gasteiger partial charge in [-0.1, -0.05) is 25.4 Å². The Kier molecular flexibility index (Phi) is 6.55. The van der Waals surface area contributed by atoms with Crippen molar-refractivity contribution in [2.75, 3.05) is 19.6 Å². The Morgan fingerprint density at radius 2 is 2.29 bits per heavy atom. The van der Waals surface area contributed by atoms with Crippen molar-refractivity contribution in [2.45, 2.75) is 20.3 Å². The van der Waals surface area contributed by atoms with Gasteiger partial charge in [0.25, 0.3) is 0 Å². The van der Waals surface area contributed by atoms with Gasteiger partial charge in [0, 0.05) is 23.9 Å². The number of hydrogen-bond donors (Lipinski definition) is 2. The number of amides is 1. The Balaban J connectivity index is 2.19. The highest BCUT2D eigenvalue weighted by molar-refractivity contribution is 7.16. The summed E-state index contributed by atoms with van der Waals surface area (Å²) in [4.78, 5) is 12.9. The molecule has 17 heavy (non-hydrogen) atoms.